The van der Waals surface area contributed by atoms with Gasteiger partial charge in [0.2, 0.25) is 0 Å². The maximum absolute atomic E-state index is 11.9. The summed E-state index contributed by atoms with van der Waals surface area (Å²) in [7, 11) is 0. The average molecular weight is 292 g/mol. The highest BCUT2D eigenvalue weighted by Crippen LogP contribution is 2.19. The fourth-order valence-electron chi connectivity index (χ4n) is 2.55. The Kier molecular flexibility index (Phi) is 4.80. The van der Waals surface area contributed by atoms with Gasteiger partial charge in [-0.05, 0) is 56.4 Å². The van der Waals surface area contributed by atoms with Crippen LogP contribution in [0.1, 0.15) is 41.6 Å². The summed E-state index contributed by atoms with van der Waals surface area (Å²) in [6.07, 6.45) is 2.70. The van der Waals surface area contributed by atoms with Crippen LogP contribution in [-0.2, 0) is 0 Å². The SMILES string of the molecule is Cc1cc(NC(=O)NC2CCC(O)CC2)ccc1C(=O)O. The molecule has 6 heteroatoms. The van der Waals surface area contributed by atoms with Crippen molar-refractivity contribution in [2.24, 2.45) is 0 Å². The Morgan fingerprint density at radius 1 is 1.19 bits per heavy atom. The number of carboxylic acids is 1. The van der Waals surface area contributed by atoms with Gasteiger partial charge in [0.1, 0.15) is 0 Å². The molecule has 1 aromatic carbocycles. The molecule has 0 aliphatic heterocycles. The van der Waals surface area contributed by atoms with Crippen molar-refractivity contribution in [2.75, 3.05) is 5.32 Å². The number of carbonyl (C=O) groups excluding carboxylic acids is 1. The van der Waals surface area contributed by atoms with Crippen LogP contribution in [0.5, 0.6) is 0 Å². The number of anilines is 1. The monoisotopic (exact) mass is 292 g/mol. The number of aliphatic hydroxyl groups is 1. The zero-order valence-electron chi connectivity index (χ0n) is 11.9. The van der Waals surface area contributed by atoms with Crippen LogP contribution in [0.4, 0.5) is 10.5 Å². The van der Waals surface area contributed by atoms with Gasteiger partial charge in [-0.2, -0.15) is 0 Å². The molecule has 0 unspecified atom stereocenters. The lowest BCUT2D eigenvalue weighted by molar-refractivity contribution is 0.0696. The molecule has 0 aromatic heterocycles. The lowest BCUT2D eigenvalue weighted by Crippen LogP contribution is -2.40. The van der Waals surface area contributed by atoms with Gasteiger partial charge < -0.3 is 20.8 Å². The summed E-state index contributed by atoms with van der Waals surface area (Å²) in [6, 6.07) is 4.45. The highest BCUT2D eigenvalue weighted by molar-refractivity contribution is 5.92. The Balaban J connectivity index is 1.91. The maximum atomic E-state index is 11.9. The van der Waals surface area contributed by atoms with Crippen LogP contribution in [0.3, 0.4) is 0 Å². The molecule has 0 radical (unpaired) electrons. The maximum Gasteiger partial charge on any atom is 0.335 e. The number of nitrogens with one attached hydrogen (secondary N) is 2. The van der Waals surface area contributed by atoms with Crippen molar-refractivity contribution in [2.45, 2.75) is 44.8 Å². The van der Waals surface area contributed by atoms with Gasteiger partial charge in [0.05, 0.1) is 11.7 Å². The van der Waals surface area contributed by atoms with E-state index >= 15 is 0 Å². The Labute approximate surface area is 123 Å². The molecule has 0 bridgehead atoms. The van der Waals surface area contributed by atoms with Crippen molar-refractivity contribution in [3.63, 3.8) is 0 Å². The van der Waals surface area contributed by atoms with E-state index in [1.165, 1.54) is 6.07 Å². The molecule has 2 amide bonds. The van der Waals surface area contributed by atoms with E-state index in [9.17, 15) is 14.7 Å². The van der Waals surface area contributed by atoms with Crippen molar-refractivity contribution in [3.05, 3.63) is 29.3 Å². The fraction of sp³-hybridized carbons (Fsp3) is 0.467. The van der Waals surface area contributed by atoms with Crippen LogP contribution in [0.25, 0.3) is 0 Å². The standard InChI is InChI=1S/C15H20N2O4/c1-9-8-11(4-7-13(9)14(19)20)17-15(21)16-10-2-5-12(18)6-3-10/h4,7-8,10,12,18H,2-3,5-6H2,1H3,(H,19,20)(H2,16,17,21). The molecule has 1 aromatic rings. The molecule has 1 aliphatic rings. The largest absolute Gasteiger partial charge is 0.478 e. The minimum Gasteiger partial charge on any atom is -0.478 e. The third-order valence-corrected chi connectivity index (χ3v) is 3.75. The number of aryl methyl sites for hydroxylation is 1. The van der Waals surface area contributed by atoms with Gasteiger partial charge in [-0.1, -0.05) is 0 Å². The minimum absolute atomic E-state index is 0.0767. The normalized spacial score (nSPS) is 21.6. The number of hydrogen-bond acceptors (Lipinski definition) is 3. The molecule has 2 rings (SSSR count). The first-order valence-corrected chi connectivity index (χ1v) is 7.05. The Morgan fingerprint density at radius 3 is 2.43 bits per heavy atom. The predicted octanol–water partition coefficient (Wildman–Crippen LogP) is 2.12. The van der Waals surface area contributed by atoms with E-state index in [2.05, 4.69) is 10.6 Å². The summed E-state index contributed by atoms with van der Waals surface area (Å²) < 4.78 is 0. The number of carboxylic acid groups (broad SMARTS) is 1. The van der Waals surface area contributed by atoms with Crippen molar-refractivity contribution in [1.29, 1.82) is 0 Å². The van der Waals surface area contributed by atoms with Gasteiger partial charge in [0.15, 0.2) is 0 Å². The molecule has 4 N–H and O–H groups in total. The average Bonchev–Trinajstić information content (AvgIpc) is 2.41. The van der Waals surface area contributed by atoms with E-state index in [-0.39, 0.29) is 23.7 Å². The number of urea groups is 1. The van der Waals surface area contributed by atoms with Gasteiger partial charge in [-0.15, -0.1) is 0 Å². The second-order valence-electron chi connectivity index (χ2n) is 5.44. The number of hydrogen-bond donors (Lipinski definition) is 4. The van der Waals surface area contributed by atoms with Gasteiger partial charge >= 0.3 is 12.0 Å². The summed E-state index contributed by atoms with van der Waals surface area (Å²) in [6.45, 7) is 1.69. The van der Waals surface area contributed by atoms with E-state index < -0.39 is 5.97 Å². The first-order chi connectivity index (χ1) is 9.95. The molecular formula is C15H20N2O4. The third kappa shape index (κ3) is 4.19. The van der Waals surface area contributed by atoms with Crippen LogP contribution in [0.2, 0.25) is 0 Å². The molecular weight excluding hydrogens is 272 g/mol. The van der Waals surface area contributed by atoms with Crippen LogP contribution < -0.4 is 10.6 Å². The summed E-state index contributed by atoms with van der Waals surface area (Å²) in [5.74, 6) is -0.982. The molecule has 114 valence electrons. The smallest absolute Gasteiger partial charge is 0.335 e. The van der Waals surface area contributed by atoms with Gasteiger partial charge in [-0.25, -0.2) is 9.59 Å². The fourth-order valence-corrected chi connectivity index (χ4v) is 2.55. The van der Waals surface area contributed by atoms with Crippen LogP contribution >= 0.6 is 0 Å². The molecule has 1 saturated carbocycles. The van der Waals surface area contributed by atoms with E-state index in [0.29, 0.717) is 24.1 Å². The topological polar surface area (TPSA) is 98.7 Å². The number of amides is 2. The highest BCUT2D eigenvalue weighted by Gasteiger charge is 2.20. The molecule has 0 saturated heterocycles. The molecule has 0 atom stereocenters. The summed E-state index contributed by atoms with van der Waals surface area (Å²) >= 11 is 0. The van der Waals surface area contributed by atoms with Crippen LogP contribution in [0.15, 0.2) is 18.2 Å². The zero-order chi connectivity index (χ0) is 15.4. The first kappa shape index (κ1) is 15.3. The second kappa shape index (κ2) is 6.58. The van der Waals surface area contributed by atoms with Crippen molar-refractivity contribution in [1.82, 2.24) is 5.32 Å². The molecule has 1 aliphatic carbocycles. The van der Waals surface area contributed by atoms with Gasteiger partial charge in [0, 0.05) is 11.7 Å². The van der Waals surface area contributed by atoms with E-state index in [0.717, 1.165) is 12.8 Å². The Morgan fingerprint density at radius 2 is 1.86 bits per heavy atom. The number of aliphatic hydroxyl groups excluding tert-OH is 1. The van der Waals surface area contributed by atoms with E-state index in [1.54, 1.807) is 19.1 Å². The predicted molar refractivity (Wildman–Crippen MR) is 78.6 cm³/mol. The minimum atomic E-state index is -0.982. The first-order valence-electron chi connectivity index (χ1n) is 7.05. The summed E-state index contributed by atoms with van der Waals surface area (Å²) in [4.78, 5) is 22.8. The van der Waals surface area contributed by atoms with E-state index in [1.807, 2.05) is 0 Å². The molecule has 6 nitrogen and oxygen atoms in total. The van der Waals surface area contributed by atoms with Crippen LogP contribution in [-0.4, -0.2) is 34.4 Å². The van der Waals surface area contributed by atoms with Gasteiger partial charge in [0.25, 0.3) is 0 Å². The number of benzene rings is 1. The molecule has 0 spiro atoms. The highest BCUT2D eigenvalue weighted by atomic mass is 16.4. The lowest BCUT2D eigenvalue weighted by Gasteiger charge is -2.26. The molecule has 0 heterocycles. The third-order valence-electron chi connectivity index (χ3n) is 3.75. The summed E-state index contributed by atoms with van der Waals surface area (Å²) in [5.41, 5.74) is 1.38. The number of carbonyl (C=O) groups is 2. The lowest BCUT2D eigenvalue weighted by atomic mass is 9.93. The van der Waals surface area contributed by atoms with E-state index in [4.69, 9.17) is 5.11 Å². The molecule has 21 heavy (non-hydrogen) atoms. The Hall–Kier alpha value is -2.08. The Bertz CT molecular complexity index is 536. The second-order valence-corrected chi connectivity index (χ2v) is 5.44. The number of rotatable bonds is 3. The van der Waals surface area contributed by atoms with Crippen molar-refractivity contribution >= 4 is 17.7 Å². The quantitative estimate of drug-likeness (QED) is 0.685. The van der Waals surface area contributed by atoms with Crippen molar-refractivity contribution in [3.8, 4) is 0 Å². The van der Waals surface area contributed by atoms with Crippen LogP contribution in [0, 0.1) is 6.92 Å². The molecule has 1 fully saturated rings. The van der Waals surface area contributed by atoms with Gasteiger partial charge in [-0.3, -0.25) is 0 Å². The van der Waals surface area contributed by atoms with Crippen molar-refractivity contribution < 1.29 is 19.8 Å². The zero-order valence-corrected chi connectivity index (χ0v) is 11.9. The summed E-state index contributed by atoms with van der Waals surface area (Å²) in [5, 5.41) is 23.9. The number of aromatic carboxylic acids is 1.